The van der Waals surface area contributed by atoms with Crippen LogP contribution in [0.2, 0.25) is 19.6 Å². The summed E-state index contributed by atoms with van der Waals surface area (Å²) in [6, 6.07) is 9.02. The van der Waals surface area contributed by atoms with E-state index in [0.717, 1.165) is 4.48 Å². The second-order valence-corrected chi connectivity index (χ2v) is 13.4. The highest BCUT2D eigenvalue weighted by molar-refractivity contribution is 6.75. The SMILES string of the molecule is C[N+](C)(C)C1CCc2cccc(C[Si](C)(C)C)c21. The van der Waals surface area contributed by atoms with E-state index in [4.69, 9.17) is 0 Å². The minimum absolute atomic E-state index is 0.701. The minimum atomic E-state index is -1.04. The Hall–Kier alpha value is -0.603. The van der Waals surface area contributed by atoms with Crippen molar-refractivity contribution in [2.75, 3.05) is 21.1 Å². The fourth-order valence-corrected chi connectivity index (χ4v) is 4.70. The van der Waals surface area contributed by atoms with E-state index in [2.05, 4.69) is 59.0 Å². The molecule has 1 aliphatic rings. The molecule has 2 heteroatoms. The Balaban J connectivity index is 2.43. The van der Waals surface area contributed by atoms with E-state index in [9.17, 15) is 0 Å². The highest BCUT2D eigenvalue weighted by Gasteiger charge is 2.35. The minimum Gasteiger partial charge on any atom is -0.325 e. The second-order valence-electron chi connectivity index (χ2n) is 7.90. The van der Waals surface area contributed by atoms with Crippen LogP contribution in [-0.4, -0.2) is 33.7 Å². The molecule has 0 bridgehead atoms. The summed E-state index contributed by atoms with van der Waals surface area (Å²) in [6.45, 7) is 7.42. The Morgan fingerprint density at radius 2 is 1.83 bits per heavy atom. The standard InChI is InChI=1S/C16H28NSi/c1-17(2,3)15-11-10-13-8-7-9-14(16(13)15)12-18(4,5)6/h7-9,15H,10-12H2,1-6H3/q+1. The van der Waals surface area contributed by atoms with Crippen LogP contribution in [0.3, 0.4) is 0 Å². The maximum atomic E-state index is 2.47. The van der Waals surface area contributed by atoms with E-state index in [1.165, 1.54) is 18.9 Å². The topological polar surface area (TPSA) is 0 Å². The van der Waals surface area contributed by atoms with Gasteiger partial charge < -0.3 is 4.48 Å². The average Bonchev–Trinajstić information content (AvgIpc) is 2.58. The molecule has 1 aromatic carbocycles. The molecule has 0 fully saturated rings. The van der Waals surface area contributed by atoms with Gasteiger partial charge in [0.1, 0.15) is 6.04 Å². The van der Waals surface area contributed by atoms with E-state index in [-0.39, 0.29) is 0 Å². The van der Waals surface area contributed by atoms with Crippen LogP contribution in [0.1, 0.15) is 29.2 Å². The summed E-state index contributed by atoms with van der Waals surface area (Å²) in [4.78, 5) is 0. The molecule has 2 rings (SSSR count). The highest BCUT2D eigenvalue weighted by Crippen LogP contribution is 2.40. The summed E-state index contributed by atoms with van der Waals surface area (Å²) < 4.78 is 1.07. The van der Waals surface area contributed by atoms with E-state index >= 15 is 0 Å². The van der Waals surface area contributed by atoms with E-state index in [1.54, 1.807) is 16.7 Å². The molecule has 0 saturated heterocycles. The van der Waals surface area contributed by atoms with Gasteiger partial charge >= 0.3 is 0 Å². The number of fused-ring (bicyclic) bond motifs is 1. The lowest BCUT2D eigenvalue weighted by Gasteiger charge is -2.33. The van der Waals surface area contributed by atoms with Gasteiger partial charge in [0.25, 0.3) is 0 Å². The van der Waals surface area contributed by atoms with Crippen molar-refractivity contribution >= 4 is 8.07 Å². The molecule has 0 saturated carbocycles. The molecule has 100 valence electrons. The number of benzene rings is 1. The second kappa shape index (κ2) is 4.50. The van der Waals surface area contributed by atoms with Gasteiger partial charge in [0.15, 0.2) is 0 Å². The molecule has 0 aliphatic heterocycles. The lowest BCUT2D eigenvalue weighted by atomic mass is 10.0. The molecule has 0 aromatic heterocycles. The zero-order chi connectivity index (χ0) is 13.6. The summed E-state index contributed by atoms with van der Waals surface area (Å²) in [5.41, 5.74) is 4.94. The molecule has 18 heavy (non-hydrogen) atoms. The van der Waals surface area contributed by atoms with Crippen LogP contribution in [-0.2, 0) is 12.5 Å². The molecular formula is C16H28NSi+. The largest absolute Gasteiger partial charge is 0.325 e. The Morgan fingerprint density at radius 3 is 2.39 bits per heavy atom. The Kier molecular flexibility index (Phi) is 3.45. The number of quaternary nitrogens is 1. The molecule has 1 nitrogen and oxygen atoms in total. The molecule has 1 unspecified atom stereocenters. The van der Waals surface area contributed by atoms with Gasteiger partial charge in [-0.2, -0.15) is 0 Å². The van der Waals surface area contributed by atoms with Crippen molar-refractivity contribution in [2.45, 2.75) is 44.6 Å². The molecular weight excluding hydrogens is 234 g/mol. The predicted octanol–water partition coefficient (Wildman–Crippen LogP) is 3.80. The average molecular weight is 262 g/mol. The van der Waals surface area contributed by atoms with E-state index in [0.29, 0.717) is 6.04 Å². The van der Waals surface area contributed by atoms with Crippen LogP contribution in [0.5, 0.6) is 0 Å². The molecule has 0 spiro atoms. The van der Waals surface area contributed by atoms with Crippen molar-refractivity contribution < 1.29 is 4.48 Å². The Bertz CT molecular complexity index is 437. The lowest BCUT2D eigenvalue weighted by molar-refractivity contribution is -0.901. The van der Waals surface area contributed by atoms with Gasteiger partial charge in [-0.05, 0) is 23.6 Å². The predicted molar refractivity (Wildman–Crippen MR) is 82.6 cm³/mol. The van der Waals surface area contributed by atoms with Crippen LogP contribution in [0.15, 0.2) is 18.2 Å². The molecule has 0 amide bonds. The van der Waals surface area contributed by atoms with E-state index in [1.807, 2.05) is 0 Å². The van der Waals surface area contributed by atoms with Crippen LogP contribution < -0.4 is 0 Å². The zero-order valence-electron chi connectivity index (χ0n) is 12.9. The highest BCUT2D eigenvalue weighted by atomic mass is 28.3. The van der Waals surface area contributed by atoms with Gasteiger partial charge in [-0.25, -0.2) is 0 Å². The molecule has 1 aromatic rings. The summed E-state index contributed by atoms with van der Waals surface area (Å²) >= 11 is 0. The lowest BCUT2D eigenvalue weighted by Crippen LogP contribution is -2.38. The first kappa shape index (κ1) is 13.8. The Morgan fingerprint density at radius 1 is 1.17 bits per heavy atom. The maximum absolute atomic E-state index is 2.47. The number of hydrogen-bond acceptors (Lipinski definition) is 0. The Labute approximate surface area is 113 Å². The third-order valence-electron chi connectivity index (χ3n) is 3.96. The smallest absolute Gasteiger partial charge is 0.115 e. The normalized spacial score (nSPS) is 20.0. The van der Waals surface area contributed by atoms with Gasteiger partial charge in [0, 0.05) is 20.1 Å². The van der Waals surface area contributed by atoms with Crippen molar-refractivity contribution in [2.24, 2.45) is 0 Å². The fraction of sp³-hybridized carbons (Fsp3) is 0.625. The molecule has 1 atom stereocenters. The number of nitrogens with zero attached hydrogens (tertiary/aromatic N) is 1. The van der Waals surface area contributed by atoms with Crippen molar-refractivity contribution in [3.63, 3.8) is 0 Å². The summed E-state index contributed by atoms with van der Waals surface area (Å²) in [5, 5.41) is 0. The monoisotopic (exact) mass is 262 g/mol. The van der Waals surface area contributed by atoms with Gasteiger partial charge in [-0.15, -0.1) is 0 Å². The molecule has 0 heterocycles. The van der Waals surface area contributed by atoms with Crippen molar-refractivity contribution in [1.82, 2.24) is 0 Å². The van der Waals surface area contributed by atoms with Crippen LogP contribution in [0.25, 0.3) is 0 Å². The van der Waals surface area contributed by atoms with Crippen molar-refractivity contribution in [3.05, 3.63) is 34.9 Å². The van der Waals surface area contributed by atoms with Crippen molar-refractivity contribution in [1.29, 1.82) is 0 Å². The van der Waals surface area contributed by atoms with Gasteiger partial charge in [-0.3, -0.25) is 0 Å². The van der Waals surface area contributed by atoms with Crippen LogP contribution >= 0.6 is 0 Å². The van der Waals surface area contributed by atoms with Gasteiger partial charge in [0.05, 0.1) is 21.1 Å². The maximum Gasteiger partial charge on any atom is 0.115 e. The number of rotatable bonds is 3. The van der Waals surface area contributed by atoms with Crippen LogP contribution in [0.4, 0.5) is 0 Å². The third-order valence-corrected chi connectivity index (χ3v) is 5.40. The molecule has 0 radical (unpaired) electrons. The fourth-order valence-electron chi connectivity index (χ4n) is 3.25. The first-order valence-corrected chi connectivity index (χ1v) is 10.8. The summed E-state index contributed by atoms with van der Waals surface area (Å²) in [7, 11) is 5.98. The quantitative estimate of drug-likeness (QED) is 0.574. The first-order valence-electron chi connectivity index (χ1n) is 7.10. The third kappa shape index (κ3) is 2.86. The first-order chi connectivity index (χ1) is 8.18. The molecule has 1 aliphatic carbocycles. The molecule has 0 N–H and O–H groups in total. The number of aryl methyl sites for hydroxylation is 1. The van der Waals surface area contributed by atoms with Gasteiger partial charge in [0.2, 0.25) is 0 Å². The van der Waals surface area contributed by atoms with Crippen LogP contribution in [0, 0.1) is 0 Å². The zero-order valence-corrected chi connectivity index (χ0v) is 13.9. The summed E-state index contributed by atoms with van der Waals surface area (Å²) in [5.74, 6) is 0. The number of hydrogen-bond donors (Lipinski definition) is 0. The van der Waals surface area contributed by atoms with Crippen molar-refractivity contribution in [3.8, 4) is 0 Å². The summed E-state index contributed by atoms with van der Waals surface area (Å²) in [6.07, 6.45) is 2.59. The van der Waals surface area contributed by atoms with Gasteiger partial charge in [-0.1, -0.05) is 37.8 Å². The van der Waals surface area contributed by atoms with E-state index < -0.39 is 8.07 Å².